The van der Waals surface area contributed by atoms with Crippen LogP contribution in [0, 0.1) is 18.3 Å². The molecule has 1 aliphatic heterocycles. The Labute approximate surface area is 181 Å². The molecule has 2 heterocycles. The van der Waals surface area contributed by atoms with Crippen LogP contribution >= 0.6 is 0 Å². The predicted octanol–water partition coefficient (Wildman–Crippen LogP) is 5.18. The van der Waals surface area contributed by atoms with Gasteiger partial charge in [0.05, 0.1) is 17.7 Å². The molecule has 1 saturated heterocycles. The van der Waals surface area contributed by atoms with E-state index in [4.69, 9.17) is 4.74 Å². The molecule has 0 spiro atoms. The maximum atomic E-state index is 11.6. The lowest BCUT2D eigenvalue weighted by atomic mass is 9.89. The Morgan fingerprint density at radius 3 is 2.84 bits per heavy atom. The predicted molar refractivity (Wildman–Crippen MR) is 119 cm³/mol. The number of nitrogens with zero attached hydrogens (tertiary/aromatic N) is 2. The molecule has 0 saturated carbocycles. The summed E-state index contributed by atoms with van der Waals surface area (Å²) >= 11 is 0. The minimum absolute atomic E-state index is 0.158. The number of carboxylic acid groups (broad SMARTS) is 1. The fraction of sp³-hybridized carbons (Fsp3) is 0.320. The van der Waals surface area contributed by atoms with E-state index in [2.05, 4.69) is 28.5 Å². The summed E-state index contributed by atoms with van der Waals surface area (Å²) in [6, 6.07) is 15.2. The van der Waals surface area contributed by atoms with E-state index in [0.717, 1.165) is 47.0 Å². The number of hydrogen-bond donors (Lipinski definition) is 2. The Morgan fingerprint density at radius 1 is 1.32 bits per heavy atom. The number of fused-ring (bicyclic) bond motifs is 1. The quantitative estimate of drug-likeness (QED) is 0.596. The summed E-state index contributed by atoms with van der Waals surface area (Å²) in [4.78, 5) is 16.3. The maximum absolute atomic E-state index is 11.6. The van der Waals surface area contributed by atoms with Crippen molar-refractivity contribution < 1.29 is 14.6 Å². The zero-order chi connectivity index (χ0) is 22.0. The van der Waals surface area contributed by atoms with Crippen molar-refractivity contribution in [2.45, 2.75) is 38.6 Å². The van der Waals surface area contributed by atoms with Gasteiger partial charge in [0.1, 0.15) is 11.8 Å². The summed E-state index contributed by atoms with van der Waals surface area (Å²) in [5.74, 6) is -0.810. The van der Waals surface area contributed by atoms with E-state index in [0.29, 0.717) is 18.0 Å². The van der Waals surface area contributed by atoms with E-state index in [1.807, 2.05) is 26.0 Å². The molecule has 1 aromatic heterocycles. The van der Waals surface area contributed by atoms with Gasteiger partial charge in [0.15, 0.2) is 0 Å². The SMILES string of the molecule is Cc1cc([C@H](C)Nc2ccccc2C(=O)O)c2cc([C@@H]3CCCOC3)c(C#N)nc2c1. The maximum Gasteiger partial charge on any atom is 0.337 e. The van der Waals surface area contributed by atoms with Gasteiger partial charge in [-0.15, -0.1) is 0 Å². The van der Waals surface area contributed by atoms with Crippen molar-refractivity contribution in [1.82, 2.24) is 4.98 Å². The van der Waals surface area contributed by atoms with Crippen LogP contribution < -0.4 is 5.32 Å². The molecular formula is C25H25N3O3. The highest BCUT2D eigenvalue weighted by atomic mass is 16.5. The van der Waals surface area contributed by atoms with Crippen molar-refractivity contribution in [2.75, 3.05) is 18.5 Å². The molecule has 31 heavy (non-hydrogen) atoms. The van der Waals surface area contributed by atoms with Crippen LogP contribution in [-0.2, 0) is 4.74 Å². The fourth-order valence-electron chi connectivity index (χ4n) is 4.32. The zero-order valence-electron chi connectivity index (χ0n) is 17.7. The van der Waals surface area contributed by atoms with Crippen molar-refractivity contribution in [2.24, 2.45) is 0 Å². The van der Waals surface area contributed by atoms with Gasteiger partial charge in [-0.25, -0.2) is 9.78 Å². The molecular weight excluding hydrogens is 390 g/mol. The molecule has 0 radical (unpaired) electrons. The van der Waals surface area contributed by atoms with Crippen LogP contribution in [-0.4, -0.2) is 29.3 Å². The van der Waals surface area contributed by atoms with Gasteiger partial charge in [-0.3, -0.25) is 0 Å². The first-order chi connectivity index (χ1) is 15.0. The fourth-order valence-corrected chi connectivity index (χ4v) is 4.32. The number of carbonyl (C=O) groups is 1. The highest BCUT2D eigenvalue weighted by Crippen LogP contribution is 2.34. The van der Waals surface area contributed by atoms with Gasteiger partial charge in [-0.05, 0) is 67.6 Å². The van der Waals surface area contributed by atoms with E-state index in [9.17, 15) is 15.2 Å². The minimum atomic E-state index is -0.968. The average Bonchev–Trinajstić information content (AvgIpc) is 2.78. The number of aromatic nitrogens is 1. The number of para-hydroxylation sites is 1. The van der Waals surface area contributed by atoms with Gasteiger partial charge in [0.25, 0.3) is 0 Å². The Hall–Kier alpha value is -3.43. The second-order valence-electron chi connectivity index (χ2n) is 8.09. The molecule has 2 atom stereocenters. The summed E-state index contributed by atoms with van der Waals surface area (Å²) in [6.07, 6.45) is 1.95. The van der Waals surface area contributed by atoms with Gasteiger partial charge >= 0.3 is 5.97 Å². The third kappa shape index (κ3) is 4.23. The summed E-state index contributed by atoms with van der Waals surface area (Å²) in [5, 5.41) is 23.6. The van der Waals surface area contributed by atoms with Crippen LogP contribution in [0.4, 0.5) is 5.69 Å². The van der Waals surface area contributed by atoms with E-state index in [1.54, 1.807) is 18.2 Å². The van der Waals surface area contributed by atoms with E-state index >= 15 is 0 Å². The number of aromatic carboxylic acids is 1. The monoisotopic (exact) mass is 415 g/mol. The summed E-state index contributed by atoms with van der Waals surface area (Å²) in [6.45, 7) is 5.36. The Balaban J connectivity index is 1.80. The average molecular weight is 415 g/mol. The van der Waals surface area contributed by atoms with Gasteiger partial charge in [-0.1, -0.05) is 18.2 Å². The molecule has 6 heteroatoms. The zero-order valence-corrected chi connectivity index (χ0v) is 17.7. The van der Waals surface area contributed by atoms with Gasteiger partial charge in [0.2, 0.25) is 0 Å². The molecule has 0 unspecified atom stereocenters. The van der Waals surface area contributed by atoms with Gasteiger partial charge in [-0.2, -0.15) is 5.26 Å². The van der Waals surface area contributed by atoms with Crippen LogP contribution in [0.3, 0.4) is 0 Å². The van der Waals surface area contributed by atoms with Gasteiger partial charge in [0, 0.05) is 29.6 Å². The standard InChI is InChI=1S/C25H25N3O3/c1-15-10-19(16(2)27-22-8-4-3-7-18(22)25(29)30)21-12-20(17-6-5-9-31-14-17)24(13-26)28-23(21)11-15/h3-4,7-8,10-12,16-17,27H,5-6,9,14H2,1-2H3,(H,29,30)/t16-,17+/m0/s1. The van der Waals surface area contributed by atoms with Crippen LogP contribution in [0.2, 0.25) is 0 Å². The Morgan fingerprint density at radius 2 is 2.13 bits per heavy atom. The molecule has 0 aliphatic carbocycles. The molecule has 2 aromatic carbocycles. The first-order valence-corrected chi connectivity index (χ1v) is 10.5. The van der Waals surface area contributed by atoms with E-state index in [1.165, 1.54) is 0 Å². The number of ether oxygens (including phenoxy) is 1. The Bertz CT molecular complexity index is 1180. The Kier molecular flexibility index (Phi) is 5.88. The molecule has 1 fully saturated rings. The number of anilines is 1. The smallest absolute Gasteiger partial charge is 0.337 e. The molecule has 2 N–H and O–H groups in total. The van der Waals surface area contributed by atoms with Crippen molar-refractivity contribution >= 4 is 22.6 Å². The lowest BCUT2D eigenvalue weighted by Crippen LogP contribution is -2.17. The van der Waals surface area contributed by atoms with Crippen LogP contribution in [0.15, 0.2) is 42.5 Å². The number of carboxylic acids is 1. The van der Waals surface area contributed by atoms with Crippen molar-refractivity contribution in [1.29, 1.82) is 5.26 Å². The lowest BCUT2D eigenvalue weighted by Gasteiger charge is -2.24. The topological polar surface area (TPSA) is 95.2 Å². The van der Waals surface area contributed by atoms with Crippen LogP contribution in [0.25, 0.3) is 10.9 Å². The van der Waals surface area contributed by atoms with Crippen LogP contribution in [0.5, 0.6) is 0 Å². The summed E-state index contributed by atoms with van der Waals surface area (Å²) in [7, 11) is 0. The minimum Gasteiger partial charge on any atom is -0.478 e. The number of benzene rings is 2. The van der Waals surface area contributed by atoms with E-state index < -0.39 is 5.97 Å². The van der Waals surface area contributed by atoms with Crippen LogP contribution in [0.1, 0.15) is 64.5 Å². The number of rotatable bonds is 5. The molecule has 0 bridgehead atoms. The van der Waals surface area contributed by atoms with Crippen molar-refractivity contribution in [3.63, 3.8) is 0 Å². The highest BCUT2D eigenvalue weighted by Gasteiger charge is 2.23. The molecule has 3 aromatic rings. The molecule has 0 amide bonds. The van der Waals surface area contributed by atoms with Crippen molar-refractivity contribution in [3.05, 3.63) is 70.4 Å². The second-order valence-corrected chi connectivity index (χ2v) is 8.09. The first-order valence-electron chi connectivity index (χ1n) is 10.5. The highest BCUT2D eigenvalue weighted by molar-refractivity contribution is 5.94. The third-order valence-corrected chi connectivity index (χ3v) is 5.84. The molecule has 6 nitrogen and oxygen atoms in total. The summed E-state index contributed by atoms with van der Waals surface area (Å²) < 4.78 is 5.65. The number of pyridine rings is 1. The lowest BCUT2D eigenvalue weighted by molar-refractivity contribution is 0.0698. The first kappa shape index (κ1) is 20.8. The molecule has 158 valence electrons. The summed E-state index contributed by atoms with van der Waals surface area (Å²) in [5.41, 5.74) is 5.01. The molecule has 4 rings (SSSR count). The molecule has 1 aliphatic rings. The largest absolute Gasteiger partial charge is 0.478 e. The second kappa shape index (κ2) is 8.75. The van der Waals surface area contributed by atoms with E-state index in [-0.39, 0.29) is 17.5 Å². The number of nitriles is 1. The number of aryl methyl sites for hydroxylation is 1. The third-order valence-electron chi connectivity index (χ3n) is 5.84. The number of nitrogens with one attached hydrogen (secondary N) is 1. The van der Waals surface area contributed by atoms with Crippen molar-refractivity contribution in [3.8, 4) is 6.07 Å². The normalized spacial score (nSPS) is 17.1. The van der Waals surface area contributed by atoms with Gasteiger partial charge < -0.3 is 15.2 Å². The number of hydrogen-bond acceptors (Lipinski definition) is 5.